The van der Waals surface area contributed by atoms with Gasteiger partial charge in [-0.2, -0.15) is 0 Å². The first-order valence-electron chi connectivity index (χ1n) is 5.90. The number of nitrogens with zero attached hydrogens (tertiary/aromatic N) is 2. The maximum absolute atomic E-state index is 12.3. The van der Waals surface area contributed by atoms with Gasteiger partial charge in [-0.3, -0.25) is 4.79 Å². The second-order valence-corrected chi connectivity index (χ2v) is 5.06. The van der Waals surface area contributed by atoms with Gasteiger partial charge < -0.3 is 4.57 Å². The van der Waals surface area contributed by atoms with Gasteiger partial charge in [0.2, 0.25) is 5.78 Å². The minimum absolute atomic E-state index is 0.0353. The minimum atomic E-state index is 0.0353. The summed E-state index contributed by atoms with van der Waals surface area (Å²) in [7, 11) is 0. The Balaban J connectivity index is 2.27. The Labute approximate surface area is 105 Å². The van der Waals surface area contributed by atoms with Crippen LogP contribution in [0.25, 0.3) is 0 Å². The number of hydrogen-bond acceptors (Lipinski definition) is 3. The Morgan fingerprint density at radius 3 is 2.88 bits per heavy atom. The molecule has 2 heterocycles. The van der Waals surface area contributed by atoms with Gasteiger partial charge in [-0.05, 0) is 25.0 Å². The van der Waals surface area contributed by atoms with E-state index in [1.165, 1.54) is 4.88 Å². The van der Waals surface area contributed by atoms with E-state index in [0.29, 0.717) is 5.82 Å². The highest BCUT2D eigenvalue weighted by Gasteiger charge is 2.16. The number of aromatic nitrogens is 2. The average molecular weight is 248 g/mol. The van der Waals surface area contributed by atoms with Gasteiger partial charge in [0.15, 0.2) is 5.82 Å². The zero-order chi connectivity index (χ0) is 12.3. The molecule has 2 rings (SSSR count). The molecule has 0 spiro atoms. The lowest BCUT2D eigenvalue weighted by molar-refractivity contribution is 0.102. The Morgan fingerprint density at radius 1 is 1.41 bits per heavy atom. The molecule has 0 aliphatic heterocycles. The lowest BCUT2D eigenvalue weighted by atomic mass is 10.3. The third-order valence-corrected chi connectivity index (χ3v) is 3.85. The fourth-order valence-electron chi connectivity index (χ4n) is 1.74. The van der Waals surface area contributed by atoms with Gasteiger partial charge in [0.25, 0.3) is 0 Å². The van der Waals surface area contributed by atoms with E-state index in [0.717, 1.165) is 24.3 Å². The van der Waals surface area contributed by atoms with Crippen molar-refractivity contribution < 1.29 is 4.79 Å². The molecule has 0 saturated heterocycles. The van der Waals surface area contributed by atoms with Gasteiger partial charge >= 0.3 is 0 Å². The van der Waals surface area contributed by atoms with Crippen LogP contribution in [0.2, 0.25) is 0 Å². The number of ketones is 1. The van der Waals surface area contributed by atoms with Gasteiger partial charge in [0.05, 0.1) is 4.88 Å². The fourth-order valence-corrected chi connectivity index (χ4v) is 2.62. The van der Waals surface area contributed by atoms with Gasteiger partial charge in [-0.15, -0.1) is 11.3 Å². The van der Waals surface area contributed by atoms with E-state index in [2.05, 4.69) is 18.8 Å². The maximum Gasteiger partial charge on any atom is 0.238 e. The molecule has 0 atom stereocenters. The second-order valence-electron chi connectivity index (χ2n) is 3.89. The quantitative estimate of drug-likeness (QED) is 0.762. The molecule has 0 amide bonds. The number of aryl methyl sites for hydroxylation is 2. The van der Waals surface area contributed by atoms with Crippen LogP contribution in [-0.2, 0) is 13.0 Å². The van der Waals surface area contributed by atoms with Crippen LogP contribution in [0.4, 0.5) is 0 Å². The molecular weight excluding hydrogens is 232 g/mol. The van der Waals surface area contributed by atoms with Crippen molar-refractivity contribution in [1.82, 2.24) is 9.55 Å². The molecule has 0 unspecified atom stereocenters. The molecule has 0 aliphatic carbocycles. The van der Waals surface area contributed by atoms with Crippen LogP contribution in [0.3, 0.4) is 0 Å². The van der Waals surface area contributed by atoms with Crippen LogP contribution >= 0.6 is 11.3 Å². The second kappa shape index (κ2) is 5.27. The smallest absolute Gasteiger partial charge is 0.238 e. The fraction of sp³-hybridized carbons (Fsp3) is 0.385. The first-order valence-corrected chi connectivity index (χ1v) is 6.72. The van der Waals surface area contributed by atoms with Crippen LogP contribution < -0.4 is 0 Å². The number of thiophene rings is 1. The summed E-state index contributed by atoms with van der Waals surface area (Å²) in [6, 6.07) is 3.92. The topological polar surface area (TPSA) is 34.9 Å². The summed E-state index contributed by atoms with van der Waals surface area (Å²) in [5.74, 6) is 0.588. The zero-order valence-corrected chi connectivity index (χ0v) is 11.0. The van der Waals surface area contributed by atoms with Crippen molar-refractivity contribution in [2.45, 2.75) is 33.2 Å². The lowest BCUT2D eigenvalue weighted by Gasteiger charge is -2.03. The van der Waals surface area contributed by atoms with E-state index >= 15 is 0 Å². The molecule has 90 valence electrons. The lowest BCUT2D eigenvalue weighted by Crippen LogP contribution is -2.09. The van der Waals surface area contributed by atoms with Crippen LogP contribution in [0.5, 0.6) is 0 Å². The molecule has 2 aromatic rings. The Kier molecular flexibility index (Phi) is 3.74. The predicted octanol–water partition coefficient (Wildman–Crippen LogP) is 3.15. The number of rotatable bonds is 5. The van der Waals surface area contributed by atoms with Crippen LogP contribution in [0.1, 0.15) is 40.6 Å². The molecule has 3 nitrogen and oxygen atoms in total. The SMILES string of the molecule is CCCn1ccnc1C(=O)c1ccc(CC)s1. The van der Waals surface area contributed by atoms with Crippen LogP contribution in [0, 0.1) is 0 Å². The Morgan fingerprint density at radius 2 is 2.24 bits per heavy atom. The summed E-state index contributed by atoms with van der Waals surface area (Å²) in [4.78, 5) is 18.4. The van der Waals surface area contributed by atoms with E-state index in [-0.39, 0.29) is 5.78 Å². The number of carbonyl (C=O) groups excluding carboxylic acids is 1. The van der Waals surface area contributed by atoms with E-state index in [1.54, 1.807) is 17.5 Å². The molecule has 0 radical (unpaired) electrons. The highest BCUT2D eigenvalue weighted by molar-refractivity contribution is 7.14. The van der Waals surface area contributed by atoms with E-state index in [4.69, 9.17) is 0 Å². The molecule has 0 N–H and O–H groups in total. The zero-order valence-electron chi connectivity index (χ0n) is 10.1. The summed E-state index contributed by atoms with van der Waals surface area (Å²) in [6.45, 7) is 5.03. The third-order valence-electron chi connectivity index (χ3n) is 2.62. The standard InChI is InChI=1S/C13H16N2OS/c1-3-8-15-9-7-14-13(15)12(16)11-6-5-10(4-2)17-11/h5-7,9H,3-4,8H2,1-2H3. The van der Waals surface area contributed by atoms with Crippen molar-refractivity contribution in [1.29, 1.82) is 0 Å². The monoisotopic (exact) mass is 248 g/mol. The highest BCUT2D eigenvalue weighted by atomic mass is 32.1. The molecule has 17 heavy (non-hydrogen) atoms. The van der Waals surface area contributed by atoms with Crippen LogP contribution in [0.15, 0.2) is 24.5 Å². The molecule has 0 fully saturated rings. The number of hydrogen-bond donors (Lipinski definition) is 0. The van der Waals surface area contributed by atoms with Crippen molar-refractivity contribution >= 4 is 17.1 Å². The molecule has 0 bridgehead atoms. The third kappa shape index (κ3) is 2.47. The van der Waals surface area contributed by atoms with E-state index < -0.39 is 0 Å². The Hall–Kier alpha value is -1.42. The molecule has 4 heteroatoms. The summed E-state index contributed by atoms with van der Waals surface area (Å²) in [5, 5.41) is 0. The minimum Gasteiger partial charge on any atom is -0.328 e. The first kappa shape index (κ1) is 12.0. The van der Waals surface area contributed by atoms with Crippen molar-refractivity contribution in [2.75, 3.05) is 0 Å². The number of carbonyl (C=O) groups is 1. The maximum atomic E-state index is 12.3. The molecule has 0 aromatic carbocycles. The van der Waals surface area contributed by atoms with Gasteiger partial charge in [-0.1, -0.05) is 13.8 Å². The average Bonchev–Trinajstić information content (AvgIpc) is 2.97. The molecule has 0 saturated carbocycles. The van der Waals surface area contributed by atoms with Crippen molar-refractivity contribution in [3.05, 3.63) is 40.1 Å². The summed E-state index contributed by atoms with van der Waals surface area (Å²) in [6.07, 6.45) is 5.53. The largest absolute Gasteiger partial charge is 0.328 e. The van der Waals surface area contributed by atoms with Gasteiger partial charge in [0.1, 0.15) is 0 Å². The van der Waals surface area contributed by atoms with E-state index in [1.807, 2.05) is 22.9 Å². The molecule has 0 aliphatic rings. The molecule has 2 aromatic heterocycles. The number of imidazole rings is 1. The van der Waals surface area contributed by atoms with Crippen molar-refractivity contribution in [3.8, 4) is 0 Å². The van der Waals surface area contributed by atoms with E-state index in [9.17, 15) is 4.79 Å². The highest BCUT2D eigenvalue weighted by Crippen LogP contribution is 2.20. The van der Waals surface area contributed by atoms with Crippen LogP contribution in [-0.4, -0.2) is 15.3 Å². The normalized spacial score (nSPS) is 10.7. The summed E-state index contributed by atoms with van der Waals surface area (Å²) in [5.41, 5.74) is 0. The molecular formula is C13H16N2OS. The van der Waals surface area contributed by atoms with Gasteiger partial charge in [-0.25, -0.2) is 4.98 Å². The first-order chi connectivity index (χ1) is 8.26. The summed E-state index contributed by atoms with van der Waals surface area (Å²) < 4.78 is 1.92. The van der Waals surface area contributed by atoms with Crippen molar-refractivity contribution in [2.24, 2.45) is 0 Å². The van der Waals surface area contributed by atoms with Crippen molar-refractivity contribution in [3.63, 3.8) is 0 Å². The predicted molar refractivity (Wildman–Crippen MR) is 69.6 cm³/mol. The Bertz CT molecular complexity index is 513. The summed E-state index contributed by atoms with van der Waals surface area (Å²) >= 11 is 1.56. The van der Waals surface area contributed by atoms with Gasteiger partial charge in [0, 0.05) is 23.8 Å².